The van der Waals surface area contributed by atoms with E-state index in [1.807, 2.05) is 0 Å². The van der Waals surface area contributed by atoms with Gasteiger partial charge in [-0.15, -0.1) is 23.5 Å². The van der Waals surface area contributed by atoms with Crippen LogP contribution in [0, 0.1) is 17.8 Å². The lowest BCUT2D eigenvalue weighted by Gasteiger charge is -2.42. The highest BCUT2D eigenvalue weighted by molar-refractivity contribution is 8.21. The summed E-state index contributed by atoms with van der Waals surface area (Å²) in [6.07, 6.45) is 4.81. The summed E-state index contributed by atoms with van der Waals surface area (Å²) in [6, 6.07) is 8.85. The molecular formula is C22H32N2OS2. The van der Waals surface area contributed by atoms with Crippen molar-refractivity contribution in [2.24, 2.45) is 17.8 Å². The fourth-order valence-electron chi connectivity index (χ4n) is 5.44. The number of benzene rings is 1. The van der Waals surface area contributed by atoms with E-state index in [4.69, 9.17) is 0 Å². The Morgan fingerprint density at radius 1 is 1.15 bits per heavy atom. The Labute approximate surface area is 172 Å². The maximum Gasteiger partial charge on any atom is 0.227 e. The van der Waals surface area contributed by atoms with Crippen LogP contribution in [0.15, 0.2) is 24.3 Å². The maximum absolute atomic E-state index is 12.9. The van der Waals surface area contributed by atoms with E-state index >= 15 is 0 Å². The molecule has 0 aromatic heterocycles. The van der Waals surface area contributed by atoms with Crippen molar-refractivity contribution in [1.82, 2.24) is 0 Å². The summed E-state index contributed by atoms with van der Waals surface area (Å²) < 4.78 is 0.457. The lowest BCUT2D eigenvalue weighted by molar-refractivity contribution is -0.121. The molecule has 0 radical (unpaired) electrons. The van der Waals surface area contributed by atoms with Crippen molar-refractivity contribution in [3.63, 3.8) is 0 Å². The van der Waals surface area contributed by atoms with Gasteiger partial charge in [-0.25, -0.2) is 0 Å². The van der Waals surface area contributed by atoms with Crippen molar-refractivity contribution < 1.29 is 4.79 Å². The monoisotopic (exact) mass is 404 g/mol. The molecule has 1 aromatic rings. The minimum absolute atomic E-state index is 0.192. The van der Waals surface area contributed by atoms with Crippen LogP contribution in [0.5, 0.6) is 0 Å². The Morgan fingerprint density at radius 2 is 1.74 bits per heavy atom. The van der Waals surface area contributed by atoms with E-state index in [1.54, 1.807) is 0 Å². The van der Waals surface area contributed by atoms with Gasteiger partial charge in [0.2, 0.25) is 5.91 Å². The number of hydrogen-bond donors (Lipinski definition) is 1. The second kappa shape index (κ2) is 7.90. The van der Waals surface area contributed by atoms with Crippen LogP contribution in [0.1, 0.15) is 46.5 Å². The van der Waals surface area contributed by atoms with Gasteiger partial charge < -0.3 is 10.2 Å². The lowest BCUT2D eigenvalue weighted by Crippen LogP contribution is -2.41. The van der Waals surface area contributed by atoms with Crippen LogP contribution in [-0.2, 0) is 4.79 Å². The van der Waals surface area contributed by atoms with Gasteiger partial charge >= 0.3 is 0 Å². The van der Waals surface area contributed by atoms with Crippen molar-refractivity contribution in [3.05, 3.63) is 24.3 Å². The number of nitrogens with zero attached hydrogens (tertiary/aromatic N) is 1. The lowest BCUT2D eigenvalue weighted by atomic mass is 9.79. The first-order valence-electron chi connectivity index (χ1n) is 10.5. The molecule has 1 spiro atoms. The number of amides is 1. The fourth-order valence-corrected chi connectivity index (χ4v) is 9.38. The number of hydrogen-bond acceptors (Lipinski definition) is 4. The number of thioether (sulfide) groups is 2. The van der Waals surface area contributed by atoms with Gasteiger partial charge in [0.25, 0.3) is 0 Å². The van der Waals surface area contributed by atoms with Gasteiger partial charge in [-0.1, -0.05) is 0 Å². The summed E-state index contributed by atoms with van der Waals surface area (Å²) in [5, 5.41) is 3.20. The smallest absolute Gasteiger partial charge is 0.227 e. The minimum atomic E-state index is 0.192. The number of carbonyl (C=O) groups is 1. The molecule has 1 aromatic carbocycles. The Hall–Kier alpha value is -0.810. The molecule has 3 fully saturated rings. The van der Waals surface area contributed by atoms with Crippen LogP contribution >= 0.6 is 23.5 Å². The number of rotatable bonds is 5. The Morgan fingerprint density at radius 3 is 2.26 bits per heavy atom. The normalized spacial score (nSPS) is 28.7. The number of nitrogens with one attached hydrogen (secondary N) is 1. The molecule has 3 nitrogen and oxygen atoms in total. The molecule has 2 atom stereocenters. The molecule has 148 valence electrons. The van der Waals surface area contributed by atoms with Gasteiger partial charge in [-0.3, -0.25) is 4.79 Å². The molecule has 5 heteroatoms. The Kier molecular flexibility index (Phi) is 5.71. The van der Waals surface area contributed by atoms with Crippen LogP contribution in [0.25, 0.3) is 0 Å². The summed E-state index contributed by atoms with van der Waals surface area (Å²) in [5.74, 6) is 4.49. The quantitative estimate of drug-likeness (QED) is 0.705. The van der Waals surface area contributed by atoms with E-state index < -0.39 is 0 Å². The SMILES string of the molecule is CCN(c1ccc(NC(=O)C2CC3CCC(C2)C32SCCS2)cc1)C(C)C. The van der Waals surface area contributed by atoms with Crippen molar-refractivity contribution >= 4 is 40.8 Å². The van der Waals surface area contributed by atoms with Crippen molar-refractivity contribution in [1.29, 1.82) is 0 Å². The van der Waals surface area contributed by atoms with Gasteiger partial charge in [0.05, 0.1) is 4.08 Å². The highest BCUT2D eigenvalue weighted by Crippen LogP contribution is 2.65. The van der Waals surface area contributed by atoms with Crippen LogP contribution in [-0.4, -0.2) is 34.1 Å². The highest BCUT2D eigenvalue weighted by Gasteiger charge is 2.57. The van der Waals surface area contributed by atoms with E-state index in [-0.39, 0.29) is 11.8 Å². The first kappa shape index (κ1) is 19.5. The molecule has 1 aliphatic heterocycles. The van der Waals surface area contributed by atoms with Crippen LogP contribution < -0.4 is 10.2 Å². The third kappa shape index (κ3) is 3.62. The molecule has 2 aliphatic carbocycles. The van der Waals surface area contributed by atoms with Gasteiger partial charge in [0, 0.05) is 41.4 Å². The topological polar surface area (TPSA) is 32.3 Å². The highest BCUT2D eigenvalue weighted by atomic mass is 32.2. The van der Waals surface area contributed by atoms with Gasteiger partial charge in [-0.2, -0.15) is 0 Å². The molecule has 27 heavy (non-hydrogen) atoms. The first-order chi connectivity index (χ1) is 13.0. The molecular weight excluding hydrogens is 372 g/mol. The van der Waals surface area contributed by atoms with E-state index in [9.17, 15) is 4.79 Å². The number of anilines is 2. The zero-order valence-electron chi connectivity index (χ0n) is 16.7. The summed E-state index contributed by atoms with van der Waals surface area (Å²) in [6.45, 7) is 7.60. The predicted molar refractivity (Wildman–Crippen MR) is 120 cm³/mol. The van der Waals surface area contributed by atoms with Crippen LogP contribution in [0.2, 0.25) is 0 Å². The van der Waals surface area contributed by atoms with E-state index in [0.29, 0.717) is 10.1 Å². The molecule has 1 saturated heterocycles. The number of carbonyl (C=O) groups excluding carboxylic acids is 1. The molecule has 4 rings (SSSR count). The van der Waals surface area contributed by atoms with E-state index in [0.717, 1.165) is 36.9 Å². The molecule has 2 unspecified atom stereocenters. The van der Waals surface area contributed by atoms with Crippen molar-refractivity contribution in [2.45, 2.75) is 56.6 Å². The van der Waals surface area contributed by atoms with E-state index in [1.165, 1.54) is 30.0 Å². The largest absolute Gasteiger partial charge is 0.369 e. The Balaban J connectivity index is 1.39. The molecule has 3 aliphatic rings. The summed E-state index contributed by atoms with van der Waals surface area (Å²) in [5.41, 5.74) is 2.15. The molecule has 1 N–H and O–H groups in total. The fraction of sp³-hybridized carbons (Fsp3) is 0.682. The molecule has 2 bridgehead atoms. The zero-order valence-corrected chi connectivity index (χ0v) is 18.4. The third-order valence-corrected chi connectivity index (χ3v) is 10.7. The Bertz CT molecular complexity index is 653. The maximum atomic E-state index is 12.9. The van der Waals surface area contributed by atoms with Crippen LogP contribution in [0.4, 0.5) is 11.4 Å². The minimum Gasteiger partial charge on any atom is -0.369 e. The van der Waals surface area contributed by atoms with E-state index in [2.05, 4.69) is 78.8 Å². The van der Waals surface area contributed by atoms with Crippen LogP contribution in [0.3, 0.4) is 0 Å². The first-order valence-corrected chi connectivity index (χ1v) is 12.5. The molecule has 2 saturated carbocycles. The zero-order chi connectivity index (χ0) is 19.0. The summed E-state index contributed by atoms with van der Waals surface area (Å²) in [7, 11) is 0. The second-order valence-corrected chi connectivity index (χ2v) is 11.5. The third-order valence-electron chi connectivity index (χ3n) is 6.68. The summed E-state index contributed by atoms with van der Waals surface area (Å²) >= 11 is 4.39. The van der Waals surface area contributed by atoms with Gasteiger partial charge in [0.1, 0.15) is 0 Å². The van der Waals surface area contributed by atoms with Crippen molar-refractivity contribution in [2.75, 3.05) is 28.3 Å². The average Bonchev–Trinajstić information content (AvgIpc) is 3.18. The molecule has 1 amide bonds. The van der Waals surface area contributed by atoms with Gasteiger partial charge in [-0.05, 0) is 82.6 Å². The standard InChI is InChI=1S/C22H32N2OS2/c1-4-24(15(2)3)20-9-7-19(8-10-20)23-21(25)16-13-17-5-6-18(14-16)22(17)26-11-12-27-22/h7-10,15-18H,4-6,11-14H2,1-3H3,(H,23,25). The average molecular weight is 405 g/mol. The second-order valence-electron chi connectivity index (χ2n) is 8.47. The molecule has 1 heterocycles. The predicted octanol–water partition coefficient (Wildman–Crippen LogP) is 5.47. The van der Waals surface area contributed by atoms with Gasteiger partial charge in [0.15, 0.2) is 0 Å². The van der Waals surface area contributed by atoms with Crippen molar-refractivity contribution in [3.8, 4) is 0 Å². The summed E-state index contributed by atoms with van der Waals surface area (Å²) in [4.78, 5) is 15.3.